The van der Waals surface area contributed by atoms with Crippen LogP contribution in [-0.4, -0.2) is 28.5 Å². The molecule has 7 nitrogen and oxygen atoms in total. The molecule has 0 radical (unpaired) electrons. The highest BCUT2D eigenvalue weighted by molar-refractivity contribution is 5.94. The van der Waals surface area contributed by atoms with Gasteiger partial charge in [-0.2, -0.15) is 0 Å². The first kappa shape index (κ1) is 22.7. The SMILES string of the molecule is C=CC(=O)N([C@@H](C)c1ccccc1)[C@](CC)(NC(=O)OCc1ccccc1)C(=O)[O-]. The van der Waals surface area contributed by atoms with Gasteiger partial charge in [0.05, 0.1) is 12.0 Å². The molecule has 0 aromatic heterocycles. The van der Waals surface area contributed by atoms with Crippen LogP contribution < -0.4 is 10.4 Å². The van der Waals surface area contributed by atoms with Gasteiger partial charge in [0.1, 0.15) is 6.61 Å². The van der Waals surface area contributed by atoms with E-state index in [1.54, 1.807) is 61.5 Å². The summed E-state index contributed by atoms with van der Waals surface area (Å²) in [6, 6.07) is 17.1. The molecule has 0 unspecified atom stereocenters. The number of carbonyl (C=O) groups is 3. The van der Waals surface area contributed by atoms with E-state index in [2.05, 4.69) is 11.9 Å². The third-order valence-corrected chi connectivity index (χ3v) is 4.86. The maximum Gasteiger partial charge on any atom is 0.409 e. The van der Waals surface area contributed by atoms with E-state index in [1.165, 1.54) is 6.92 Å². The number of nitrogens with one attached hydrogen (secondary N) is 1. The molecule has 2 rings (SSSR count). The van der Waals surface area contributed by atoms with Gasteiger partial charge in [-0.15, -0.1) is 0 Å². The number of carboxylic acids is 1. The molecule has 0 aliphatic heterocycles. The van der Waals surface area contributed by atoms with Gasteiger partial charge in [0.2, 0.25) is 5.91 Å². The molecule has 158 valence electrons. The Hall–Kier alpha value is -3.61. The van der Waals surface area contributed by atoms with Gasteiger partial charge in [0, 0.05) is 0 Å². The van der Waals surface area contributed by atoms with Crippen LogP contribution in [0, 0.1) is 0 Å². The summed E-state index contributed by atoms with van der Waals surface area (Å²) in [7, 11) is 0. The molecule has 1 N–H and O–H groups in total. The van der Waals surface area contributed by atoms with Crippen LogP contribution >= 0.6 is 0 Å². The molecule has 2 amide bonds. The average Bonchev–Trinajstić information content (AvgIpc) is 2.77. The molecule has 0 fully saturated rings. The van der Waals surface area contributed by atoms with Gasteiger partial charge in [-0.25, -0.2) is 4.79 Å². The van der Waals surface area contributed by atoms with Gasteiger partial charge >= 0.3 is 6.09 Å². The molecule has 0 saturated heterocycles. The lowest BCUT2D eigenvalue weighted by Gasteiger charge is -2.46. The third-order valence-electron chi connectivity index (χ3n) is 4.86. The Balaban J connectivity index is 2.34. The van der Waals surface area contributed by atoms with E-state index in [0.717, 1.165) is 16.5 Å². The van der Waals surface area contributed by atoms with Gasteiger partial charge in [-0.3, -0.25) is 10.1 Å². The van der Waals surface area contributed by atoms with Crippen molar-refractivity contribution in [2.24, 2.45) is 0 Å². The van der Waals surface area contributed by atoms with Crippen LogP contribution in [0.1, 0.15) is 37.4 Å². The highest BCUT2D eigenvalue weighted by Gasteiger charge is 2.44. The van der Waals surface area contributed by atoms with E-state index >= 15 is 0 Å². The lowest BCUT2D eigenvalue weighted by molar-refractivity contribution is -0.321. The lowest BCUT2D eigenvalue weighted by atomic mass is 9.98. The van der Waals surface area contributed by atoms with Crippen molar-refractivity contribution in [1.29, 1.82) is 0 Å². The van der Waals surface area contributed by atoms with Crippen molar-refractivity contribution in [1.82, 2.24) is 10.2 Å². The summed E-state index contributed by atoms with van der Waals surface area (Å²) in [6.07, 6.45) is -0.122. The zero-order valence-corrected chi connectivity index (χ0v) is 17.0. The number of benzene rings is 2. The minimum atomic E-state index is -2.13. The number of alkyl carbamates (subject to hydrolysis) is 1. The highest BCUT2D eigenvalue weighted by atomic mass is 16.5. The molecule has 0 bridgehead atoms. The smallest absolute Gasteiger partial charge is 0.409 e. The standard InChI is InChI=1S/C23H26N2O5/c1-4-20(26)25(17(3)19-14-10-7-11-15-19)23(5-2,21(27)28)24-22(29)30-16-18-12-8-6-9-13-18/h4,6-15,17H,1,5,16H2,2-3H3,(H,24,29)(H,27,28)/p-1/t17-,23-/m0/s1. The zero-order chi connectivity index (χ0) is 22.1. The Bertz CT molecular complexity index is 885. The second kappa shape index (κ2) is 10.2. The minimum absolute atomic E-state index is 0.0524. The number of hydrogen-bond acceptors (Lipinski definition) is 5. The number of rotatable bonds is 9. The lowest BCUT2D eigenvalue weighted by Crippen LogP contribution is -2.70. The summed E-state index contributed by atoms with van der Waals surface area (Å²) in [5.74, 6) is -2.29. The Labute approximate surface area is 176 Å². The quantitative estimate of drug-likeness (QED) is 0.507. The molecule has 0 heterocycles. The summed E-state index contributed by atoms with van der Waals surface area (Å²) in [5, 5.41) is 14.6. The second-order valence-corrected chi connectivity index (χ2v) is 6.69. The van der Waals surface area contributed by atoms with Crippen molar-refractivity contribution in [2.75, 3.05) is 0 Å². The van der Waals surface area contributed by atoms with Gasteiger partial charge in [-0.05, 0) is 30.5 Å². The number of hydrogen-bond donors (Lipinski definition) is 1. The first-order valence-electron chi connectivity index (χ1n) is 9.56. The number of nitrogens with zero attached hydrogens (tertiary/aromatic N) is 1. The van der Waals surface area contributed by atoms with E-state index in [-0.39, 0.29) is 13.0 Å². The summed E-state index contributed by atoms with van der Waals surface area (Å²) in [4.78, 5) is 38.5. The van der Waals surface area contributed by atoms with Crippen LogP contribution in [0.5, 0.6) is 0 Å². The van der Waals surface area contributed by atoms with E-state index in [9.17, 15) is 19.5 Å². The fraction of sp³-hybridized carbons (Fsp3) is 0.261. The van der Waals surface area contributed by atoms with Crippen LogP contribution in [0.4, 0.5) is 4.79 Å². The number of aliphatic carboxylic acids is 1. The Morgan fingerprint density at radius 1 is 1.13 bits per heavy atom. The van der Waals surface area contributed by atoms with Crippen molar-refractivity contribution in [3.8, 4) is 0 Å². The predicted octanol–water partition coefficient (Wildman–Crippen LogP) is 2.54. The van der Waals surface area contributed by atoms with Crippen LogP contribution in [0.25, 0.3) is 0 Å². The normalized spacial score (nSPS) is 13.4. The minimum Gasteiger partial charge on any atom is -0.546 e. The van der Waals surface area contributed by atoms with Crippen LogP contribution in [-0.2, 0) is 20.9 Å². The Kier molecular flexibility index (Phi) is 7.75. The molecule has 0 spiro atoms. The van der Waals surface area contributed by atoms with Crippen molar-refractivity contribution in [2.45, 2.75) is 38.6 Å². The summed E-state index contributed by atoms with van der Waals surface area (Å²) in [6.45, 7) is 6.62. The third kappa shape index (κ3) is 5.05. The fourth-order valence-corrected chi connectivity index (χ4v) is 3.23. The molecule has 7 heteroatoms. The molecular weight excluding hydrogens is 384 g/mol. The average molecular weight is 409 g/mol. The van der Waals surface area contributed by atoms with Crippen LogP contribution in [0.2, 0.25) is 0 Å². The maximum atomic E-state index is 12.7. The molecule has 2 atom stereocenters. The van der Waals surface area contributed by atoms with E-state index < -0.39 is 29.7 Å². The number of carbonyl (C=O) groups excluding carboxylic acids is 3. The van der Waals surface area contributed by atoms with Crippen LogP contribution in [0.3, 0.4) is 0 Å². The van der Waals surface area contributed by atoms with E-state index in [0.29, 0.717) is 5.56 Å². The van der Waals surface area contributed by atoms with Gasteiger partial charge in [-0.1, -0.05) is 74.2 Å². The topological polar surface area (TPSA) is 98.8 Å². The Morgan fingerprint density at radius 3 is 2.20 bits per heavy atom. The van der Waals surface area contributed by atoms with Crippen molar-refractivity contribution < 1.29 is 24.2 Å². The molecule has 0 aliphatic carbocycles. The fourth-order valence-electron chi connectivity index (χ4n) is 3.23. The second-order valence-electron chi connectivity index (χ2n) is 6.69. The molecule has 2 aromatic carbocycles. The Morgan fingerprint density at radius 2 is 1.70 bits per heavy atom. The van der Waals surface area contributed by atoms with Crippen molar-refractivity contribution in [3.63, 3.8) is 0 Å². The summed E-state index contributed by atoms with van der Waals surface area (Å²) >= 11 is 0. The van der Waals surface area contributed by atoms with Crippen molar-refractivity contribution in [3.05, 3.63) is 84.4 Å². The molecule has 2 aromatic rings. The molecule has 30 heavy (non-hydrogen) atoms. The largest absolute Gasteiger partial charge is 0.546 e. The monoisotopic (exact) mass is 409 g/mol. The predicted molar refractivity (Wildman–Crippen MR) is 110 cm³/mol. The van der Waals surface area contributed by atoms with Gasteiger partial charge < -0.3 is 19.5 Å². The maximum absolute atomic E-state index is 12.7. The first-order chi connectivity index (χ1) is 14.4. The first-order valence-corrected chi connectivity index (χ1v) is 9.56. The van der Waals surface area contributed by atoms with Gasteiger partial charge in [0.15, 0.2) is 5.66 Å². The molecular formula is C23H25N2O5-. The number of carboxylic acid groups (broad SMARTS) is 1. The van der Waals surface area contributed by atoms with Crippen LogP contribution in [0.15, 0.2) is 73.3 Å². The molecule has 0 aliphatic rings. The zero-order valence-electron chi connectivity index (χ0n) is 17.0. The van der Waals surface area contributed by atoms with Crippen molar-refractivity contribution >= 4 is 18.0 Å². The van der Waals surface area contributed by atoms with E-state index in [4.69, 9.17) is 4.74 Å². The number of amides is 2. The number of ether oxygens (including phenoxy) is 1. The summed E-state index contributed by atoms with van der Waals surface area (Å²) in [5.41, 5.74) is -0.708. The van der Waals surface area contributed by atoms with Gasteiger partial charge in [0.25, 0.3) is 0 Å². The highest BCUT2D eigenvalue weighted by Crippen LogP contribution is 2.30. The molecule has 0 saturated carbocycles. The summed E-state index contributed by atoms with van der Waals surface area (Å²) < 4.78 is 5.18. The van der Waals surface area contributed by atoms with E-state index in [1.807, 2.05) is 6.07 Å².